The van der Waals surface area contributed by atoms with Gasteiger partial charge in [-0.3, -0.25) is 9.59 Å². The monoisotopic (exact) mass is 488 g/mol. The predicted octanol–water partition coefficient (Wildman–Crippen LogP) is 6.47. The van der Waals surface area contributed by atoms with Crippen LogP contribution in [0.2, 0.25) is 0 Å². The molecule has 0 spiro atoms. The fourth-order valence-electron chi connectivity index (χ4n) is 4.90. The van der Waals surface area contributed by atoms with Crippen LogP contribution in [0.15, 0.2) is 41.0 Å². The number of carbonyl (C=O) groups excluding carboxylic acids is 2. The van der Waals surface area contributed by atoms with E-state index in [-0.39, 0.29) is 11.8 Å². The number of allylic oxidation sites excluding steroid dienone is 1. The maximum atomic E-state index is 13.6. The van der Waals surface area contributed by atoms with Crippen molar-refractivity contribution in [1.82, 2.24) is 4.57 Å². The molecule has 1 aromatic heterocycles. The predicted molar refractivity (Wildman–Crippen MR) is 154 cm³/mol. The molecule has 2 aliphatic rings. The Morgan fingerprint density at radius 3 is 2.08 bits per heavy atom. The number of hydrogen-bond donors (Lipinski definition) is 0. The van der Waals surface area contributed by atoms with E-state index in [2.05, 4.69) is 37.5 Å². The second-order valence-corrected chi connectivity index (χ2v) is 8.83. The number of amides is 2. The Labute approximate surface area is 217 Å². The highest BCUT2D eigenvalue weighted by atomic mass is 16.2. The molecular weight excluding hydrogens is 444 g/mol. The molecule has 4 nitrogen and oxygen atoms in total. The number of hydrogen-bond acceptors (Lipinski definition) is 2. The molecule has 194 valence electrons. The van der Waals surface area contributed by atoms with E-state index in [4.69, 9.17) is 0 Å². The van der Waals surface area contributed by atoms with Gasteiger partial charge in [0, 0.05) is 17.6 Å². The first-order chi connectivity index (χ1) is 17.4. The molecule has 0 saturated carbocycles. The molecule has 1 aromatic carbocycles. The lowest BCUT2D eigenvalue weighted by Crippen LogP contribution is -2.31. The number of fused-ring (bicyclic) bond motifs is 1. The van der Waals surface area contributed by atoms with E-state index in [9.17, 15) is 9.59 Å². The third-order valence-electron chi connectivity index (χ3n) is 6.45. The summed E-state index contributed by atoms with van der Waals surface area (Å²) < 4.78 is 2.26. The number of anilines is 1. The number of carbonyl (C=O) groups is 2. The Balaban J connectivity index is 0.00000109. The molecule has 0 atom stereocenters. The van der Waals surface area contributed by atoms with E-state index in [1.807, 2.05) is 71.9 Å². The summed E-state index contributed by atoms with van der Waals surface area (Å²) in [6.45, 7) is 19.0. The van der Waals surface area contributed by atoms with Crippen molar-refractivity contribution in [2.45, 2.75) is 94.5 Å². The number of nitrogens with zero attached hydrogens (tertiary/aromatic N) is 2. The van der Waals surface area contributed by atoms with Crippen molar-refractivity contribution in [2.24, 2.45) is 0 Å². The van der Waals surface area contributed by atoms with E-state index < -0.39 is 0 Å². The normalized spacial score (nSPS) is 15.4. The minimum absolute atomic E-state index is 0.236. The van der Waals surface area contributed by atoms with E-state index >= 15 is 0 Å². The average Bonchev–Trinajstić information content (AvgIpc) is 3.32. The van der Waals surface area contributed by atoms with Gasteiger partial charge in [-0.1, -0.05) is 70.9 Å². The summed E-state index contributed by atoms with van der Waals surface area (Å²) in [5.41, 5.74) is 5.88. The molecular formula is C32H44N2O2. The van der Waals surface area contributed by atoms with Gasteiger partial charge >= 0.3 is 0 Å². The molecule has 4 rings (SSSR count). The van der Waals surface area contributed by atoms with Crippen LogP contribution in [-0.2, 0) is 22.6 Å². The van der Waals surface area contributed by atoms with Crippen LogP contribution in [0.4, 0.5) is 5.69 Å². The minimum atomic E-state index is -0.247. The number of imide groups is 1. The third kappa shape index (κ3) is 5.48. The van der Waals surface area contributed by atoms with E-state index in [0.29, 0.717) is 16.8 Å². The van der Waals surface area contributed by atoms with Gasteiger partial charge in [-0.15, -0.1) is 0 Å². The molecule has 2 amide bonds. The lowest BCUT2D eigenvalue weighted by molar-refractivity contribution is -0.119. The SMILES string of the molecule is CC.CC.CCCc1ccc(N2C(=O)C(=C(C)C)/C(=C\c3c(C)c4c(n3CC)=CCCC=4)C2=O)cc1. The van der Waals surface area contributed by atoms with Gasteiger partial charge in [-0.2, -0.15) is 0 Å². The van der Waals surface area contributed by atoms with Gasteiger partial charge in [-0.05, 0) is 81.5 Å². The molecule has 1 fully saturated rings. The smallest absolute Gasteiger partial charge is 0.266 e. The molecule has 0 bridgehead atoms. The van der Waals surface area contributed by atoms with Gasteiger partial charge in [-0.25, -0.2) is 4.90 Å². The van der Waals surface area contributed by atoms with Gasteiger partial charge < -0.3 is 4.57 Å². The summed E-state index contributed by atoms with van der Waals surface area (Å²) in [6, 6.07) is 7.79. The molecule has 1 saturated heterocycles. The van der Waals surface area contributed by atoms with E-state index in [1.54, 1.807) is 0 Å². The number of benzene rings is 1. The Hall–Kier alpha value is -3.14. The largest absolute Gasteiger partial charge is 0.341 e. The standard InChI is InChI=1S/C28H32N2O2.2C2H6/c1-6-10-20-13-15-21(16-14-20)30-27(31)23(26(18(3)4)28(30)32)17-25-19(5)22-11-8-9-12-24(22)29(25)7-2;2*1-2/h11-17H,6-10H2,1-5H3;2*1-2H3/b23-17+;;. The highest BCUT2D eigenvalue weighted by Gasteiger charge is 2.40. The highest BCUT2D eigenvalue weighted by molar-refractivity contribution is 6.38. The molecule has 36 heavy (non-hydrogen) atoms. The molecule has 1 aliphatic carbocycles. The van der Waals surface area contributed by atoms with Crippen LogP contribution < -0.4 is 15.5 Å². The minimum Gasteiger partial charge on any atom is -0.341 e. The topological polar surface area (TPSA) is 42.3 Å². The van der Waals surface area contributed by atoms with Crippen LogP contribution in [0.25, 0.3) is 18.2 Å². The van der Waals surface area contributed by atoms with Crippen molar-refractivity contribution < 1.29 is 9.59 Å². The summed E-state index contributed by atoms with van der Waals surface area (Å²) in [5, 5.41) is 2.48. The van der Waals surface area contributed by atoms with Crippen LogP contribution in [0.3, 0.4) is 0 Å². The quantitative estimate of drug-likeness (QED) is 0.358. The molecule has 2 aromatic rings. The zero-order valence-corrected chi connectivity index (χ0v) is 23.8. The van der Waals surface area contributed by atoms with Crippen molar-refractivity contribution in [3.63, 3.8) is 0 Å². The van der Waals surface area contributed by atoms with Crippen LogP contribution in [0, 0.1) is 6.92 Å². The molecule has 2 heterocycles. The van der Waals surface area contributed by atoms with Gasteiger partial charge in [0.2, 0.25) is 0 Å². The first kappa shape index (κ1) is 29.1. The molecule has 0 unspecified atom stereocenters. The summed E-state index contributed by atoms with van der Waals surface area (Å²) in [6.07, 6.45) is 10.6. The Bertz CT molecular complexity index is 1270. The fraction of sp³-hybridized carbons (Fsp3) is 0.438. The van der Waals surface area contributed by atoms with Gasteiger partial charge in [0.25, 0.3) is 11.8 Å². The first-order valence-corrected chi connectivity index (χ1v) is 13.7. The Kier molecular flexibility index (Phi) is 10.7. The van der Waals surface area contributed by atoms with Crippen molar-refractivity contribution in [1.29, 1.82) is 0 Å². The lowest BCUT2D eigenvalue weighted by Gasteiger charge is -2.14. The zero-order valence-electron chi connectivity index (χ0n) is 23.8. The highest BCUT2D eigenvalue weighted by Crippen LogP contribution is 2.33. The van der Waals surface area contributed by atoms with E-state index in [0.717, 1.165) is 43.5 Å². The maximum Gasteiger partial charge on any atom is 0.266 e. The number of aromatic nitrogens is 1. The van der Waals surface area contributed by atoms with Crippen LogP contribution in [0.5, 0.6) is 0 Å². The average molecular weight is 489 g/mol. The Morgan fingerprint density at radius 2 is 1.53 bits per heavy atom. The van der Waals surface area contributed by atoms with Gasteiger partial charge in [0.15, 0.2) is 0 Å². The fourth-order valence-corrected chi connectivity index (χ4v) is 4.90. The Morgan fingerprint density at radius 1 is 0.917 bits per heavy atom. The summed E-state index contributed by atoms with van der Waals surface area (Å²) >= 11 is 0. The maximum absolute atomic E-state index is 13.6. The third-order valence-corrected chi connectivity index (χ3v) is 6.45. The van der Waals surface area contributed by atoms with Crippen molar-refractivity contribution in [3.05, 3.63) is 68.4 Å². The second-order valence-electron chi connectivity index (χ2n) is 8.83. The number of aryl methyl sites for hydroxylation is 1. The van der Waals surface area contributed by atoms with E-state index in [1.165, 1.54) is 26.6 Å². The van der Waals surface area contributed by atoms with Gasteiger partial charge in [0.1, 0.15) is 0 Å². The van der Waals surface area contributed by atoms with Gasteiger partial charge in [0.05, 0.1) is 16.8 Å². The van der Waals surface area contributed by atoms with Crippen molar-refractivity contribution >= 4 is 35.7 Å². The molecule has 0 radical (unpaired) electrons. The van der Waals surface area contributed by atoms with Crippen molar-refractivity contribution in [3.8, 4) is 0 Å². The first-order valence-electron chi connectivity index (χ1n) is 13.7. The van der Waals surface area contributed by atoms with Crippen LogP contribution in [-0.4, -0.2) is 16.4 Å². The van der Waals surface area contributed by atoms with Crippen molar-refractivity contribution in [2.75, 3.05) is 4.90 Å². The second kappa shape index (κ2) is 13.2. The molecule has 4 heteroatoms. The summed E-state index contributed by atoms with van der Waals surface area (Å²) in [4.78, 5) is 28.3. The molecule has 0 N–H and O–H groups in total. The van der Waals surface area contributed by atoms with Crippen LogP contribution >= 0.6 is 0 Å². The molecule has 1 aliphatic heterocycles. The summed E-state index contributed by atoms with van der Waals surface area (Å²) in [7, 11) is 0. The number of rotatable bonds is 5. The zero-order chi connectivity index (χ0) is 27.0. The van der Waals surface area contributed by atoms with Crippen LogP contribution in [0.1, 0.15) is 91.5 Å². The lowest BCUT2D eigenvalue weighted by atomic mass is 10.0. The summed E-state index contributed by atoms with van der Waals surface area (Å²) in [5.74, 6) is -0.483.